The largest absolute Gasteiger partial charge is 0.480 e. The van der Waals surface area contributed by atoms with Crippen molar-refractivity contribution in [2.24, 2.45) is 0 Å². The fraction of sp³-hybridized carbons (Fsp3) is 0.429. The molecule has 20 heavy (non-hydrogen) atoms. The Morgan fingerprint density at radius 2 is 1.90 bits per heavy atom. The van der Waals surface area contributed by atoms with Crippen molar-refractivity contribution < 1.29 is 19.4 Å². The molecule has 0 radical (unpaired) electrons. The molecular formula is C14H18ClNO4. The molecule has 0 saturated carbocycles. The van der Waals surface area contributed by atoms with Crippen molar-refractivity contribution in [1.82, 2.24) is 5.32 Å². The third-order valence-corrected chi connectivity index (χ3v) is 3.32. The van der Waals surface area contributed by atoms with Crippen molar-refractivity contribution >= 4 is 23.5 Å². The Kier molecular flexibility index (Phi) is 5.53. The van der Waals surface area contributed by atoms with Gasteiger partial charge in [-0.2, -0.15) is 0 Å². The fourth-order valence-corrected chi connectivity index (χ4v) is 1.80. The van der Waals surface area contributed by atoms with Crippen LogP contribution in [0.5, 0.6) is 0 Å². The molecule has 1 unspecified atom stereocenters. The van der Waals surface area contributed by atoms with E-state index in [-0.39, 0.29) is 12.5 Å². The topological polar surface area (TPSA) is 75.6 Å². The molecule has 1 amide bonds. The average molecular weight is 300 g/mol. The summed E-state index contributed by atoms with van der Waals surface area (Å²) in [5.41, 5.74) is -0.118. The van der Waals surface area contributed by atoms with E-state index in [2.05, 4.69) is 5.32 Å². The molecule has 0 bridgehead atoms. The summed E-state index contributed by atoms with van der Waals surface area (Å²) in [5.74, 6) is -1.52. The Labute approximate surface area is 122 Å². The smallest absolute Gasteiger partial charge is 0.328 e. The van der Waals surface area contributed by atoms with Crippen LogP contribution in [0, 0.1) is 0 Å². The molecular weight excluding hydrogens is 282 g/mol. The minimum atomic E-state index is -1.13. The van der Waals surface area contributed by atoms with Gasteiger partial charge in [-0.1, -0.05) is 23.7 Å². The number of carbonyl (C=O) groups excluding carboxylic acids is 1. The van der Waals surface area contributed by atoms with Gasteiger partial charge in [-0.3, -0.25) is 4.79 Å². The summed E-state index contributed by atoms with van der Waals surface area (Å²) in [6, 6.07) is 5.80. The maximum absolute atomic E-state index is 12.3. The molecule has 2 N–H and O–H groups in total. The van der Waals surface area contributed by atoms with E-state index in [1.807, 2.05) is 0 Å². The zero-order chi connectivity index (χ0) is 15.3. The number of methoxy groups -OCH3 is 1. The number of benzene rings is 1. The van der Waals surface area contributed by atoms with Gasteiger partial charge < -0.3 is 15.2 Å². The van der Waals surface area contributed by atoms with Gasteiger partial charge in [-0.25, -0.2) is 4.79 Å². The maximum atomic E-state index is 12.3. The number of rotatable bonds is 6. The first-order valence-electron chi connectivity index (χ1n) is 6.07. The van der Waals surface area contributed by atoms with E-state index in [4.69, 9.17) is 21.4 Å². The van der Waals surface area contributed by atoms with Gasteiger partial charge in [0.2, 0.25) is 5.91 Å². The summed E-state index contributed by atoms with van der Waals surface area (Å²) in [5, 5.41) is 12.1. The SMILES string of the molecule is COCC(NC(=O)C(C)(C)c1ccc(Cl)cc1)C(=O)O. The number of carboxylic acids is 1. The summed E-state index contributed by atoms with van der Waals surface area (Å²) in [6.45, 7) is 3.35. The van der Waals surface area contributed by atoms with Gasteiger partial charge in [0.15, 0.2) is 6.04 Å². The number of ether oxygens (including phenoxy) is 1. The van der Waals surface area contributed by atoms with E-state index in [1.54, 1.807) is 38.1 Å². The molecule has 0 fully saturated rings. The number of nitrogens with one attached hydrogen (secondary N) is 1. The van der Waals surface area contributed by atoms with Crippen molar-refractivity contribution in [3.8, 4) is 0 Å². The first-order chi connectivity index (χ1) is 9.28. The Hall–Kier alpha value is -1.59. The molecule has 1 atom stereocenters. The lowest BCUT2D eigenvalue weighted by molar-refractivity contribution is -0.144. The highest BCUT2D eigenvalue weighted by molar-refractivity contribution is 6.30. The number of carboxylic acid groups (broad SMARTS) is 1. The van der Waals surface area contributed by atoms with Gasteiger partial charge in [0.1, 0.15) is 0 Å². The number of halogens is 1. The maximum Gasteiger partial charge on any atom is 0.328 e. The van der Waals surface area contributed by atoms with E-state index in [1.165, 1.54) is 7.11 Å². The molecule has 0 spiro atoms. The van der Waals surface area contributed by atoms with E-state index >= 15 is 0 Å². The highest BCUT2D eigenvalue weighted by atomic mass is 35.5. The van der Waals surface area contributed by atoms with Gasteiger partial charge in [-0.15, -0.1) is 0 Å². The van der Waals surface area contributed by atoms with Gasteiger partial charge in [-0.05, 0) is 31.5 Å². The monoisotopic (exact) mass is 299 g/mol. The highest BCUT2D eigenvalue weighted by Crippen LogP contribution is 2.25. The lowest BCUT2D eigenvalue weighted by Crippen LogP contribution is -2.50. The summed E-state index contributed by atoms with van der Waals surface area (Å²) in [4.78, 5) is 23.3. The minimum absolute atomic E-state index is 0.0855. The fourth-order valence-electron chi connectivity index (χ4n) is 1.68. The van der Waals surface area contributed by atoms with Gasteiger partial charge in [0, 0.05) is 12.1 Å². The number of carbonyl (C=O) groups is 2. The lowest BCUT2D eigenvalue weighted by atomic mass is 9.83. The normalized spacial score (nSPS) is 12.8. The molecule has 0 aromatic heterocycles. The lowest BCUT2D eigenvalue weighted by Gasteiger charge is -2.26. The molecule has 1 aromatic rings. The van der Waals surface area contributed by atoms with Crippen LogP contribution in [0.4, 0.5) is 0 Å². The summed E-state index contributed by atoms with van der Waals surface area (Å²) in [7, 11) is 1.38. The van der Waals surface area contributed by atoms with Gasteiger partial charge in [0.25, 0.3) is 0 Å². The summed E-state index contributed by atoms with van der Waals surface area (Å²) in [6.07, 6.45) is 0. The van der Waals surface area contributed by atoms with Crippen LogP contribution in [-0.4, -0.2) is 36.7 Å². The van der Waals surface area contributed by atoms with Crippen molar-refractivity contribution in [3.63, 3.8) is 0 Å². The summed E-state index contributed by atoms with van der Waals surface area (Å²) < 4.78 is 4.79. The number of hydrogen-bond donors (Lipinski definition) is 2. The van der Waals surface area contributed by atoms with Crippen LogP contribution in [0.2, 0.25) is 5.02 Å². The van der Waals surface area contributed by atoms with E-state index < -0.39 is 17.4 Å². The second kappa shape index (κ2) is 6.72. The Balaban J connectivity index is 2.88. The number of amides is 1. The standard InChI is InChI=1S/C14H18ClNO4/c1-14(2,9-4-6-10(15)7-5-9)13(19)16-11(8-20-3)12(17)18/h4-7,11H,8H2,1-3H3,(H,16,19)(H,17,18). The van der Waals surface area contributed by atoms with Gasteiger partial charge in [0.05, 0.1) is 12.0 Å². The van der Waals surface area contributed by atoms with Crippen LogP contribution in [0.1, 0.15) is 19.4 Å². The van der Waals surface area contributed by atoms with Gasteiger partial charge >= 0.3 is 5.97 Å². The van der Waals surface area contributed by atoms with Crippen LogP contribution in [0.3, 0.4) is 0 Å². The zero-order valence-electron chi connectivity index (χ0n) is 11.6. The van der Waals surface area contributed by atoms with Crippen molar-refractivity contribution in [1.29, 1.82) is 0 Å². The quantitative estimate of drug-likeness (QED) is 0.840. The third kappa shape index (κ3) is 3.95. The molecule has 0 aliphatic rings. The predicted molar refractivity (Wildman–Crippen MR) is 75.9 cm³/mol. The Morgan fingerprint density at radius 1 is 1.35 bits per heavy atom. The predicted octanol–water partition coefficient (Wildman–Crippen LogP) is 1.83. The van der Waals surface area contributed by atoms with Crippen molar-refractivity contribution in [3.05, 3.63) is 34.9 Å². The average Bonchev–Trinajstić information content (AvgIpc) is 2.38. The number of hydrogen-bond acceptors (Lipinski definition) is 3. The van der Waals surface area contributed by atoms with Crippen LogP contribution >= 0.6 is 11.6 Å². The molecule has 5 nitrogen and oxygen atoms in total. The van der Waals surface area contributed by atoms with Crippen LogP contribution < -0.4 is 5.32 Å². The molecule has 1 rings (SSSR count). The molecule has 6 heteroatoms. The molecule has 0 aliphatic heterocycles. The second-order valence-electron chi connectivity index (χ2n) is 4.95. The molecule has 0 aliphatic carbocycles. The van der Waals surface area contributed by atoms with Crippen LogP contribution in [0.15, 0.2) is 24.3 Å². The van der Waals surface area contributed by atoms with Crippen LogP contribution in [0.25, 0.3) is 0 Å². The zero-order valence-corrected chi connectivity index (χ0v) is 12.4. The molecule has 0 saturated heterocycles. The minimum Gasteiger partial charge on any atom is -0.480 e. The first-order valence-corrected chi connectivity index (χ1v) is 6.45. The third-order valence-electron chi connectivity index (χ3n) is 3.07. The molecule has 110 valence electrons. The van der Waals surface area contributed by atoms with E-state index in [0.29, 0.717) is 5.02 Å². The molecule has 0 heterocycles. The highest BCUT2D eigenvalue weighted by Gasteiger charge is 2.32. The first kappa shape index (κ1) is 16.5. The number of aliphatic carboxylic acids is 1. The van der Waals surface area contributed by atoms with Crippen molar-refractivity contribution in [2.75, 3.05) is 13.7 Å². The van der Waals surface area contributed by atoms with Crippen LogP contribution in [-0.2, 0) is 19.7 Å². The summed E-state index contributed by atoms with van der Waals surface area (Å²) >= 11 is 5.81. The van der Waals surface area contributed by atoms with E-state index in [9.17, 15) is 9.59 Å². The Bertz CT molecular complexity index is 484. The molecule has 1 aromatic carbocycles. The Morgan fingerprint density at radius 3 is 2.35 bits per heavy atom. The second-order valence-corrected chi connectivity index (χ2v) is 5.39. The van der Waals surface area contributed by atoms with Crippen molar-refractivity contribution in [2.45, 2.75) is 25.3 Å². The van der Waals surface area contributed by atoms with E-state index in [0.717, 1.165) is 5.56 Å².